The third-order valence-corrected chi connectivity index (χ3v) is 5.50. The maximum atomic E-state index is 5.30. The zero-order valence-electron chi connectivity index (χ0n) is 7.76. The summed E-state index contributed by atoms with van der Waals surface area (Å²) >= 11 is 12.4. The largest absolute Gasteiger partial charge is 0.469 e. The maximum Gasteiger partial charge on any atom is 0.105 e. The van der Waals surface area contributed by atoms with E-state index in [0.29, 0.717) is 0 Å². The zero-order chi connectivity index (χ0) is 11.0. The first-order chi connectivity index (χ1) is 7.09. The zero-order valence-corrected chi connectivity index (χ0v) is 13.3. The Labute approximate surface area is 117 Å². The number of hydrogen-bond donors (Lipinski definition) is 0. The lowest BCUT2D eigenvalue weighted by Gasteiger charge is -2.07. The van der Waals surface area contributed by atoms with Crippen molar-refractivity contribution < 1.29 is 4.42 Å². The highest BCUT2D eigenvalue weighted by Crippen LogP contribution is 2.42. The Kier molecular flexibility index (Phi) is 3.75. The van der Waals surface area contributed by atoms with Crippen molar-refractivity contribution >= 4 is 59.1 Å². The molecule has 80 valence electrons. The van der Waals surface area contributed by atoms with Gasteiger partial charge in [0.05, 0.1) is 18.7 Å². The first-order valence-corrected chi connectivity index (χ1v) is 7.54. The van der Waals surface area contributed by atoms with Crippen molar-refractivity contribution in [3.63, 3.8) is 0 Å². The van der Waals surface area contributed by atoms with Gasteiger partial charge in [0.15, 0.2) is 0 Å². The predicted molar refractivity (Wildman–Crippen MR) is 73.9 cm³/mol. The molecule has 0 saturated heterocycles. The molecule has 5 heteroatoms. The minimum Gasteiger partial charge on any atom is -0.469 e. The van der Waals surface area contributed by atoms with Crippen LogP contribution in [0.15, 0.2) is 30.4 Å². The summed E-state index contributed by atoms with van der Waals surface area (Å²) in [6.45, 7) is 1.97. The fraction of sp³-hybridized carbons (Fsp3) is 0.200. The van der Waals surface area contributed by atoms with Crippen LogP contribution < -0.4 is 0 Å². The number of aryl methyl sites for hydroxylation is 1. The predicted octanol–water partition coefficient (Wildman–Crippen LogP) is 5.66. The van der Waals surface area contributed by atoms with E-state index < -0.39 is 0 Å². The van der Waals surface area contributed by atoms with Crippen LogP contribution in [0.5, 0.6) is 0 Å². The summed E-state index contributed by atoms with van der Waals surface area (Å²) in [4.78, 5) is 0.174. The van der Waals surface area contributed by atoms with Crippen LogP contribution in [0.3, 0.4) is 0 Å². The molecule has 1 nitrogen and oxygen atoms in total. The lowest BCUT2D eigenvalue weighted by Crippen LogP contribution is -1.91. The van der Waals surface area contributed by atoms with Crippen LogP contribution >= 0.6 is 59.1 Å². The SMILES string of the molecule is Cc1occc1C(Br)c1cc(Br)sc1Br. The van der Waals surface area contributed by atoms with Gasteiger partial charge < -0.3 is 4.42 Å². The topological polar surface area (TPSA) is 13.1 Å². The lowest BCUT2D eigenvalue weighted by atomic mass is 10.1. The van der Waals surface area contributed by atoms with Gasteiger partial charge in [-0.25, -0.2) is 0 Å². The van der Waals surface area contributed by atoms with Crippen LogP contribution in [-0.2, 0) is 0 Å². The van der Waals surface area contributed by atoms with Gasteiger partial charge in [0, 0.05) is 5.56 Å². The third-order valence-electron chi connectivity index (χ3n) is 2.13. The van der Waals surface area contributed by atoms with E-state index in [1.54, 1.807) is 17.6 Å². The molecule has 0 aliphatic carbocycles. The van der Waals surface area contributed by atoms with Crippen molar-refractivity contribution in [2.45, 2.75) is 11.8 Å². The fourth-order valence-corrected chi connectivity index (χ4v) is 5.55. The number of alkyl halides is 1. The Hall–Kier alpha value is 0.420. The number of rotatable bonds is 2. The van der Waals surface area contributed by atoms with Crippen molar-refractivity contribution in [1.29, 1.82) is 0 Å². The van der Waals surface area contributed by atoms with E-state index in [2.05, 4.69) is 53.9 Å². The van der Waals surface area contributed by atoms with Crippen LogP contribution in [0.4, 0.5) is 0 Å². The van der Waals surface area contributed by atoms with Crippen LogP contribution in [0.25, 0.3) is 0 Å². The average Bonchev–Trinajstić information content (AvgIpc) is 2.71. The molecule has 2 rings (SSSR count). The molecule has 1 unspecified atom stereocenters. The van der Waals surface area contributed by atoms with Gasteiger partial charge in [0.25, 0.3) is 0 Å². The van der Waals surface area contributed by atoms with Crippen molar-refractivity contribution in [2.75, 3.05) is 0 Å². The van der Waals surface area contributed by atoms with Gasteiger partial charge in [-0.3, -0.25) is 0 Å². The van der Waals surface area contributed by atoms with Gasteiger partial charge in [-0.1, -0.05) is 15.9 Å². The molecule has 0 bridgehead atoms. The van der Waals surface area contributed by atoms with Crippen molar-refractivity contribution in [1.82, 2.24) is 0 Å². The fourth-order valence-electron chi connectivity index (χ4n) is 1.35. The Morgan fingerprint density at radius 3 is 2.53 bits per heavy atom. The second-order valence-corrected chi connectivity index (χ2v) is 7.74. The molecule has 1 atom stereocenters. The molecule has 0 radical (unpaired) electrons. The van der Waals surface area contributed by atoms with E-state index in [9.17, 15) is 0 Å². The van der Waals surface area contributed by atoms with Crippen LogP contribution in [-0.4, -0.2) is 0 Å². The molecule has 2 aromatic heterocycles. The normalized spacial score (nSPS) is 13.1. The summed E-state index contributed by atoms with van der Waals surface area (Å²) < 4.78 is 7.56. The van der Waals surface area contributed by atoms with E-state index in [-0.39, 0.29) is 4.83 Å². The molecule has 0 N–H and O–H groups in total. The highest BCUT2D eigenvalue weighted by molar-refractivity contribution is 9.12. The lowest BCUT2D eigenvalue weighted by molar-refractivity contribution is 0.530. The molecule has 0 fully saturated rings. The number of furan rings is 1. The maximum absolute atomic E-state index is 5.30. The second-order valence-electron chi connectivity index (χ2n) is 3.07. The molecule has 0 amide bonds. The molecule has 15 heavy (non-hydrogen) atoms. The van der Waals surface area contributed by atoms with E-state index in [1.165, 1.54) is 11.1 Å². The van der Waals surface area contributed by atoms with Crippen LogP contribution in [0, 0.1) is 6.92 Å². The number of hydrogen-bond acceptors (Lipinski definition) is 2. The van der Waals surface area contributed by atoms with Gasteiger partial charge in [0.2, 0.25) is 0 Å². The Morgan fingerprint density at radius 1 is 1.33 bits per heavy atom. The summed E-state index contributed by atoms with van der Waals surface area (Å²) in [5, 5.41) is 0. The summed E-state index contributed by atoms with van der Waals surface area (Å²) in [7, 11) is 0. The van der Waals surface area contributed by atoms with Gasteiger partial charge in [-0.2, -0.15) is 0 Å². The quantitative estimate of drug-likeness (QED) is 0.578. The molecule has 2 aromatic rings. The smallest absolute Gasteiger partial charge is 0.105 e. The highest BCUT2D eigenvalue weighted by atomic mass is 79.9. The Bertz CT molecular complexity index is 475. The van der Waals surface area contributed by atoms with E-state index >= 15 is 0 Å². The summed E-state index contributed by atoms with van der Waals surface area (Å²) in [5.41, 5.74) is 2.39. The molecule has 2 heterocycles. The molecule has 0 aromatic carbocycles. The molecular weight excluding hydrogens is 408 g/mol. The molecule has 0 aliphatic rings. The highest BCUT2D eigenvalue weighted by Gasteiger charge is 2.19. The van der Waals surface area contributed by atoms with Crippen LogP contribution in [0.2, 0.25) is 0 Å². The van der Waals surface area contributed by atoms with Gasteiger partial charge in [-0.05, 0) is 56.5 Å². The van der Waals surface area contributed by atoms with Crippen molar-refractivity contribution in [2.24, 2.45) is 0 Å². The van der Waals surface area contributed by atoms with Gasteiger partial charge >= 0.3 is 0 Å². The van der Waals surface area contributed by atoms with E-state index in [1.807, 2.05) is 13.0 Å². The number of halogens is 3. The summed E-state index contributed by atoms with van der Waals surface area (Å²) in [5.74, 6) is 0.950. The molecular formula is C10H7Br3OS. The Morgan fingerprint density at radius 2 is 2.07 bits per heavy atom. The van der Waals surface area contributed by atoms with Crippen molar-refractivity contribution in [3.05, 3.63) is 42.9 Å². The van der Waals surface area contributed by atoms with Gasteiger partial charge in [0.1, 0.15) is 5.76 Å². The molecule has 0 saturated carbocycles. The van der Waals surface area contributed by atoms with E-state index in [4.69, 9.17) is 4.42 Å². The average molecular weight is 415 g/mol. The molecule has 0 aliphatic heterocycles. The standard InChI is InChI=1S/C10H7Br3OS/c1-5-6(2-3-14-5)9(12)7-4-8(11)15-10(7)13/h2-4,9H,1H3. The molecule has 0 spiro atoms. The van der Waals surface area contributed by atoms with Gasteiger partial charge in [-0.15, -0.1) is 11.3 Å². The summed E-state index contributed by atoms with van der Waals surface area (Å²) in [6.07, 6.45) is 1.72. The van der Waals surface area contributed by atoms with Crippen LogP contribution in [0.1, 0.15) is 21.7 Å². The third kappa shape index (κ3) is 2.40. The first-order valence-electron chi connectivity index (χ1n) is 4.22. The minimum absolute atomic E-state index is 0.174. The number of thiophene rings is 1. The summed E-state index contributed by atoms with van der Waals surface area (Å²) in [6, 6.07) is 4.10. The van der Waals surface area contributed by atoms with E-state index in [0.717, 1.165) is 13.3 Å². The first kappa shape index (κ1) is 11.9. The monoisotopic (exact) mass is 412 g/mol. The van der Waals surface area contributed by atoms with Crippen molar-refractivity contribution in [3.8, 4) is 0 Å². The second kappa shape index (κ2) is 4.73. The minimum atomic E-state index is 0.174. The Balaban J connectivity index is 2.40.